The second-order valence-corrected chi connectivity index (χ2v) is 5.81. The second-order valence-electron chi connectivity index (χ2n) is 5.81. The first-order chi connectivity index (χ1) is 9.85. The van der Waals surface area contributed by atoms with Crippen LogP contribution in [-0.2, 0) is 18.9 Å². The quantitative estimate of drug-likeness (QED) is 0.709. The van der Waals surface area contributed by atoms with Crippen molar-refractivity contribution in [1.82, 2.24) is 0 Å². The van der Waals surface area contributed by atoms with Gasteiger partial charge in [0.05, 0.1) is 25.8 Å². The van der Waals surface area contributed by atoms with E-state index in [1.54, 1.807) is 7.11 Å². The summed E-state index contributed by atoms with van der Waals surface area (Å²) in [5.41, 5.74) is 1.14. The predicted octanol–water partition coefficient (Wildman–Crippen LogP) is -0.0296. The summed E-state index contributed by atoms with van der Waals surface area (Å²) in [6, 6.07) is 8.15. The molecule has 6 atom stereocenters. The van der Waals surface area contributed by atoms with Crippen LogP contribution in [0.1, 0.15) is 0 Å². The van der Waals surface area contributed by atoms with E-state index in [-0.39, 0.29) is 37.5 Å². The van der Waals surface area contributed by atoms with Crippen molar-refractivity contribution in [2.24, 2.45) is 5.92 Å². The summed E-state index contributed by atoms with van der Waals surface area (Å²) in [6.45, 7) is 0.614. The molecule has 0 saturated carbocycles. The third-order valence-electron chi connectivity index (χ3n) is 4.87. The SMILES string of the molecule is COc1ccc(B2O[C@H]3[C@@H]4C2O[C@H]4[C@@H]2OC[C@H]3O2)cc1. The zero-order chi connectivity index (χ0) is 13.3. The lowest BCUT2D eigenvalue weighted by Crippen LogP contribution is -2.63. The molecule has 5 nitrogen and oxygen atoms in total. The first-order valence-electron chi connectivity index (χ1n) is 7.07. The fraction of sp³-hybridized carbons (Fsp3) is 0.571. The van der Waals surface area contributed by atoms with Gasteiger partial charge in [-0.05, 0) is 17.6 Å². The van der Waals surface area contributed by atoms with Crippen LogP contribution in [0.2, 0.25) is 0 Å². The van der Waals surface area contributed by atoms with Crippen LogP contribution in [0.5, 0.6) is 5.75 Å². The van der Waals surface area contributed by atoms with Crippen molar-refractivity contribution in [2.45, 2.75) is 30.6 Å². The Morgan fingerprint density at radius 2 is 2.00 bits per heavy atom. The van der Waals surface area contributed by atoms with E-state index in [2.05, 4.69) is 0 Å². The van der Waals surface area contributed by atoms with Crippen LogP contribution in [0.4, 0.5) is 0 Å². The predicted molar refractivity (Wildman–Crippen MR) is 70.0 cm³/mol. The molecule has 5 rings (SSSR count). The van der Waals surface area contributed by atoms with Crippen LogP contribution in [0.15, 0.2) is 24.3 Å². The molecule has 1 aromatic carbocycles. The highest BCUT2D eigenvalue weighted by atomic mass is 16.8. The molecule has 1 aromatic rings. The van der Waals surface area contributed by atoms with Gasteiger partial charge in [-0.1, -0.05) is 12.1 Å². The van der Waals surface area contributed by atoms with Crippen LogP contribution in [-0.4, -0.2) is 51.2 Å². The summed E-state index contributed by atoms with van der Waals surface area (Å²) in [5.74, 6) is 1.26. The van der Waals surface area contributed by atoms with E-state index in [1.807, 2.05) is 24.3 Å². The Hall–Kier alpha value is -1.08. The first kappa shape index (κ1) is 11.6. The van der Waals surface area contributed by atoms with E-state index in [0.29, 0.717) is 12.5 Å². The number of methoxy groups -OCH3 is 1. The molecule has 2 bridgehead atoms. The van der Waals surface area contributed by atoms with Gasteiger partial charge >= 0.3 is 6.92 Å². The minimum absolute atomic E-state index is 0.00453. The largest absolute Gasteiger partial charge is 0.497 e. The van der Waals surface area contributed by atoms with Crippen molar-refractivity contribution in [3.8, 4) is 5.75 Å². The molecule has 4 heterocycles. The lowest BCUT2D eigenvalue weighted by atomic mass is 9.52. The van der Waals surface area contributed by atoms with E-state index in [4.69, 9.17) is 23.6 Å². The van der Waals surface area contributed by atoms with Gasteiger partial charge in [0.15, 0.2) is 6.29 Å². The molecule has 20 heavy (non-hydrogen) atoms. The normalized spacial score (nSPS) is 44.1. The molecule has 4 aliphatic rings. The number of benzene rings is 1. The summed E-state index contributed by atoms with van der Waals surface area (Å²) >= 11 is 0. The molecule has 6 heteroatoms. The van der Waals surface area contributed by atoms with Crippen molar-refractivity contribution >= 4 is 12.4 Å². The number of hydrogen-bond donors (Lipinski definition) is 0. The van der Waals surface area contributed by atoms with Gasteiger partial charge in [0.2, 0.25) is 0 Å². The molecule has 0 N–H and O–H groups in total. The zero-order valence-corrected chi connectivity index (χ0v) is 11.1. The monoisotopic (exact) mass is 274 g/mol. The van der Waals surface area contributed by atoms with Gasteiger partial charge in [-0.25, -0.2) is 0 Å². The maximum Gasteiger partial charge on any atom is 0.357 e. The number of rotatable bonds is 2. The Balaban J connectivity index is 1.44. The van der Waals surface area contributed by atoms with Gasteiger partial charge in [-0.2, -0.15) is 0 Å². The molecule has 0 radical (unpaired) electrons. The molecule has 4 saturated heterocycles. The Kier molecular flexibility index (Phi) is 2.30. The van der Waals surface area contributed by atoms with Gasteiger partial charge in [0, 0.05) is 5.92 Å². The minimum atomic E-state index is -0.185. The Bertz CT molecular complexity index is 535. The number of ether oxygens (including phenoxy) is 4. The highest BCUT2D eigenvalue weighted by Gasteiger charge is 2.68. The van der Waals surface area contributed by atoms with Gasteiger partial charge in [-0.3, -0.25) is 0 Å². The molecule has 104 valence electrons. The first-order valence-corrected chi connectivity index (χ1v) is 7.07. The third kappa shape index (κ3) is 1.37. The number of fused-ring (bicyclic) bond motifs is 4. The van der Waals surface area contributed by atoms with E-state index in [9.17, 15) is 0 Å². The van der Waals surface area contributed by atoms with Gasteiger partial charge in [0.25, 0.3) is 0 Å². The van der Waals surface area contributed by atoms with Gasteiger partial charge in [0.1, 0.15) is 18.0 Å². The van der Waals surface area contributed by atoms with Crippen molar-refractivity contribution < 1.29 is 23.6 Å². The Morgan fingerprint density at radius 1 is 1.15 bits per heavy atom. The molecular weight excluding hydrogens is 259 g/mol. The molecule has 4 fully saturated rings. The zero-order valence-electron chi connectivity index (χ0n) is 11.1. The lowest BCUT2D eigenvalue weighted by molar-refractivity contribution is -0.283. The smallest absolute Gasteiger partial charge is 0.357 e. The van der Waals surface area contributed by atoms with Crippen molar-refractivity contribution in [1.29, 1.82) is 0 Å². The van der Waals surface area contributed by atoms with Gasteiger partial charge in [-0.15, -0.1) is 0 Å². The summed E-state index contributed by atoms with van der Waals surface area (Å²) in [4.78, 5) is 0. The highest BCUT2D eigenvalue weighted by Crippen LogP contribution is 2.50. The maximum atomic E-state index is 6.24. The molecule has 1 unspecified atom stereocenters. The summed E-state index contributed by atoms with van der Waals surface area (Å²) < 4.78 is 28.8. The third-order valence-corrected chi connectivity index (χ3v) is 4.87. The second kappa shape index (κ2) is 3.98. The Morgan fingerprint density at radius 3 is 2.80 bits per heavy atom. The van der Waals surface area contributed by atoms with Crippen LogP contribution < -0.4 is 10.2 Å². The molecule has 4 aliphatic heterocycles. The number of hydrogen-bond acceptors (Lipinski definition) is 5. The fourth-order valence-electron chi connectivity index (χ4n) is 3.87. The topological polar surface area (TPSA) is 46.2 Å². The highest BCUT2D eigenvalue weighted by molar-refractivity contribution is 6.69. The van der Waals surface area contributed by atoms with Crippen molar-refractivity contribution in [2.75, 3.05) is 13.7 Å². The molecule has 0 aromatic heterocycles. The van der Waals surface area contributed by atoms with Gasteiger partial charge < -0.3 is 23.6 Å². The van der Waals surface area contributed by atoms with E-state index >= 15 is 0 Å². The molecule has 0 aliphatic carbocycles. The summed E-state index contributed by atoms with van der Waals surface area (Å²) in [5, 5.41) is 0. The average molecular weight is 274 g/mol. The molecule has 0 amide bonds. The molecule has 0 spiro atoms. The average Bonchev–Trinajstić information content (AvgIpc) is 3.03. The van der Waals surface area contributed by atoms with Crippen LogP contribution in [0, 0.1) is 5.92 Å². The fourth-order valence-corrected chi connectivity index (χ4v) is 3.87. The summed E-state index contributed by atoms with van der Waals surface area (Å²) in [6.07, 6.45) is 0.0308. The van der Waals surface area contributed by atoms with Crippen molar-refractivity contribution in [3.05, 3.63) is 24.3 Å². The van der Waals surface area contributed by atoms with E-state index in [0.717, 1.165) is 11.2 Å². The van der Waals surface area contributed by atoms with Crippen LogP contribution in [0.25, 0.3) is 0 Å². The standard InChI is InChI=1S/C14H15BO5/c1-16-8-4-2-7(3-5-8)15-13-10-11(20-15)9-6-17-14(18-9)12(10)19-13/h2-5,9-14H,6H2,1H3/t9-,10+,11-,12-,13?,14-/m1/s1. The lowest BCUT2D eigenvalue weighted by Gasteiger charge is -2.47. The van der Waals surface area contributed by atoms with Crippen LogP contribution >= 0.6 is 0 Å². The van der Waals surface area contributed by atoms with Crippen LogP contribution in [0.3, 0.4) is 0 Å². The summed E-state index contributed by atoms with van der Waals surface area (Å²) in [7, 11) is 1.67. The molecular formula is C14H15BO5. The van der Waals surface area contributed by atoms with Crippen molar-refractivity contribution in [3.63, 3.8) is 0 Å². The van der Waals surface area contributed by atoms with E-state index in [1.165, 1.54) is 0 Å². The Labute approximate surface area is 117 Å². The van der Waals surface area contributed by atoms with E-state index < -0.39 is 0 Å². The minimum Gasteiger partial charge on any atom is -0.497 e. The maximum absolute atomic E-state index is 6.24.